The van der Waals surface area contributed by atoms with Crippen LogP contribution in [0.1, 0.15) is 37.6 Å². The third-order valence-electron chi connectivity index (χ3n) is 3.33. The van der Waals surface area contributed by atoms with E-state index in [1.165, 1.54) is 12.1 Å². The molecule has 0 aromatic heterocycles. The Hall–Kier alpha value is -2.15. The molecule has 23 heavy (non-hydrogen) atoms. The van der Waals surface area contributed by atoms with Crippen LogP contribution in [0.25, 0.3) is 0 Å². The molecule has 1 aromatic carbocycles. The van der Waals surface area contributed by atoms with Crippen molar-refractivity contribution in [2.45, 2.75) is 33.2 Å². The van der Waals surface area contributed by atoms with Gasteiger partial charge < -0.3 is 15.3 Å². The average Bonchev–Trinajstić information content (AvgIpc) is 2.44. The van der Waals surface area contributed by atoms with Crippen LogP contribution in [0, 0.1) is 15.5 Å². The van der Waals surface area contributed by atoms with Crippen molar-refractivity contribution in [2.75, 3.05) is 25.6 Å². The van der Waals surface area contributed by atoms with Gasteiger partial charge in [0.25, 0.3) is 11.6 Å². The minimum Gasteiger partial charge on any atom is -0.394 e. The molecule has 0 saturated carbocycles. The normalized spacial score (nSPS) is 12.6. The number of benzene rings is 1. The van der Waals surface area contributed by atoms with Crippen molar-refractivity contribution in [2.24, 2.45) is 5.41 Å². The van der Waals surface area contributed by atoms with Crippen LogP contribution in [-0.4, -0.2) is 42.7 Å². The summed E-state index contributed by atoms with van der Waals surface area (Å²) in [6.45, 7) is 5.86. The van der Waals surface area contributed by atoms with E-state index in [4.69, 9.17) is 0 Å². The molecule has 0 fully saturated rings. The number of nitro benzene ring substituents is 1. The van der Waals surface area contributed by atoms with Gasteiger partial charge in [-0.15, -0.1) is 0 Å². The maximum atomic E-state index is 12.5. The van der Waals surface area contributed by atoms with Crippen LogP contribution in [0.5, 0.6) is 0 Å². The van der Waals surface area contributed by atoms with Crippen molar-refractivity contribution in [1.82, 2.24) is 5.32 Å². The van der Waals surface area contributed by atoms with E-state index in [2.05, 4.69) is 5.32 Å². The lowest BCUT2D eigenvalue weighted by Crippen LogP contribution is -2.40. The minimum absolute atomic E-state index is 0.0618. The highest BCUT2D eigenvalue weighted by Gasteiger charge is 2.23. The number of non-ortho nitro benzene ring substituents is 1. The zero-order valence-corrected chi connectivity index (χ0v) is 14.3. The van der Waals surface area contributed by atoms with E-state index in [-0.39, 0.29) is 23.3 Å². The number of nitro groups is 1. The Morgan fingerprint density at radius 1 is 1.39 bits per heavy atom. The summed E-state index contributed by atoms with van der Waals surface area (Å²) >= 11 is 0. The van der Waals surface area contributed by atoms with Crippen LogP contribution < -0.4 is 10.2 Å². The highest BCUT2D eigenvalue weighted by atomic mass is 16.6. The Balaban J connectivity index is 3.09. The summed E-state index contributed by atoms with van der Waals surface area (Å²) in [4.78, 5) is 24.7. The molecule has 0 saturated heterocycles. The third-order valence-corrected chi connectivity index (χ3v) is 3.33. The monoisotopic (exact) mass is 323 g/mol. The summed E-state index contributed by atoms with van der Waals surface area (Å²) in [5, 5.41) is 23.2. The van der Waals surface area contributed by atoms with Crippen molar-refractivity contribution in [3.05, 3.63) is 33.9 Å². The molecular formula is C16H25N3O4. The Labute approximate surface area is 136 Å². The van der Waals surface area contributed by atoms with Crippen molar-refractivity contribution < 1.29 is 14.8 Å². The fourth-order valence-corrected chi connectivity index (χ4v) is 2.37. The van der Waals surface area contributed by atoms with Crippen LogP contribution in [0.2, 0.25) is 0 Å². The van der Waals surface area contributed by atoms with Crippen molar-refractivity contribution >= 4 is 17.3 Å². The number of nitrogens with one attached hydrogen (secondary N) is 1. The number of rotatable bonds is 6. The zero-order valence-electron chi connectivity index (χ0n) is 14.3. The van der Waals surface area contributed by atoms with Gasteiger partial charge in [-0.2, -0.15) is 0 Å². The predicted molar refractivity (Wildman–Crippen MR) is 89.8 cm³/mol. The third kappa shape index (κ3) is 5.52. The molecule has 128 valence electrons. The average molecular weight is 323 g/mol. The Morgan fingerprint density at radius 2 is 2.00 bits per heavy atom. The lowest BCUT2D eigenvalue weighted by atomic mass is 9.88. The molecule has 2 N–H and O–H groups in total. The number of anilines is 1. The molecule has 1 amide bonds. The second kappa shape index (κ2) is 7.41. The second-order valence-corrected chi connectivity index (χ2v) is 6.97. The van der Waals surface area contributed by atoms with Crippen LogP contribution in [0.3, 0.4) is 0 Å². The molecule has 7 nitrogen and oxygen atoms in total. The van der Waals surface area contributed by atoms with Gasteiger partial charge in [0.2, 0.25) is 0 Å². The number of amides is 1. The smallest absolute Gasteiger partial charge is 0.270 e. The van der Waals surface area contributed by atoms with Gasteiger partial charge in [0.15, 0.2) is 0 Å². The zero-order chi connectivity index (χ0) is 17.8. The minimum atomic E-state index is -0.533. The first-order chi connectivity index (χ1) is 10.5. The van der Waals surface area contributed by atoms with E-state index >= 15 is 0 Å². The SMILES string of the molecule is CN(C)c1ccc([N+](=O)[O-])cc1C(=O)NC(CO)CC(C)(C)C. The number of aliphatic hydroxyl groups is 1. The molecule has 1 atom stereocenters. The summed E-state index contributed by atoms with van der Waals surface area (Å²) in [7, 11) is 3.52. The summed E-state index contributed by atoms with van der Waals surface area (Å²) in [5.74, 6) is -0.430. The van der Waals surface area contributed by atoms with Gasteiger partial charge in [-0.1, -0.05) is 20.8 Å². The highest BCUT2D eigenvalue weighted by Crippen LogP contribution is 2.25. The number of aliphatic hydroxyl groups excluding tert-OH is 1. The quantitative estimate of drug-likeness (QED) is 0.618. The molecule has 0 aliphatic carbocycles. The molecule has 0 bridgehead atoms. The van der Waals surface area contributed by atoms with Crippen molar-refractivity contribution in [1.29, 1.82) is 0 Å². The number of nitrogens with zero attached hydrogens (tertiary/aromatic N) is 2. The van der Waals surface area contributed by atoms with Gasteiger partial charge in [0, 0.05) is 31.9 Å². The number of carbonyl (C=O) groups is 1. The van der Waals surface area contributed by atoms with E-state index in [9.17, 15) is 20.0 Å². The predicted octanol–water partition coefficient (Wildman–Crippen LogP) is 2.19. The van der Waals surface area contributed by atoms with E-state index in [0.29, 0.717) is 12.1 Å². The van der Waals surface area contributed by atoms with Gasteiger partial charge in [0.1, 0.15) is 0 Å². The van der Waals surface area contributed by atoms with Gasteiger partial charge in [-0.25, -0.2) is 0 Å². The molecule has 0 radical (unpaired) electrons. The molecule has 0 heterocycles. The van der Waals surface area contributed by atoms with Gasteiger partial charge >= 0.3 is 0 Å². The van der Waals surface area contributed by atoms with Crippen LogP contribution in [0.4, 0.5) is 11.4 Å². The maximum Gasteiger partial charge on any atom is 0.270 e. The Bertz CT molecular complexity index is 579. The van der Waals surface area contributed by atoms with Gasteiger partial charge in [0.05, 0.1) is 23.1 Å². The molecule has 1 rings (SSSR count). The molecule has 7 heteroatoms. The summed E-state index contributed by atoms with van der Waals surface area (Å²) in [5.41, 5.74) is 0.600. The van der Waals surface area contributed by atoms with Crippen molar-refractivity contribution in [3.63, 3.8) is 0 Å². The maximum absolute atomic E-state index is 12.5. The topological polar surface area (TPSA) is 95.7 Å². The fraction of sp³-hybridized carbons (Fsp3) is 0.562. The lowest BCUT2D eigenvalue weighted by Gasteiger charge is -2.26. The first-order valence-electron chi connectivity index (χ1n) is 7.42. The van der Waals surface area contributed by atoms with E-state index in [1.807, 2.05) is 20.8 Å². The summed E-state index contributed by atoms with van der Waals surface area (Å²) < 4.78 is 0. The standard InChI is InChI=1S/C16H25N3O4/c1-16(2,3)9-11(10-20)17-15(21)13-8-12(19(22)23)6-7-14(13)18(4)5/h6-8,11,20H,9-10H2,1-5H3,(H,17,21). The molecule has 0 aliphatic heterocycles. The second-order valence-electron chi connectivity index (χ2n) is 6.97. The van der Waals surface area contributed by atoms with Crippen LogP contribution >= 0.6 is 0 Å². The molecule has 1 unspecified atom stereocenters. The first-order valence-corrected chi connectivity index (χ1v) is 7.42. The van der Waals surface area contributed by atoms with E-state index in [0.717, 1.165) is 0 Å². The largest absolute Gasteiger partial charge is 0.394 e. The van der Waals surface area contributed by atoms with E-state index in [1.54, 1.807) is 25.1 Å². The Kier molecular flexibility index (Phi) is 6.09. The van der Waals surface area contributed by atoms with Gasteiger partial charge in [-0.05, 0) is 17.9 Å². The first kappa shape index (κ1) is 18.9. The highest BCUT2D eigenvalue weighted by molar-refractivity contribution is 6.00. The summed E-state index contributed by atoms with van der Waals surface area (Å²) in [6.07, 6.45) is 0.599. The van der Waals surface area contributed by atoms with Crippen molar-refractivity contribution in [3.8, 4) is 0 Å². The molecule has 0 aliphatic rings. The van der Waals surface area contributed by atoms with Crippen LogP contribution in [-0.2, 0) is 0 Å². The number of hydrogen-bond acceptors (Lipinski definition) is 5. The summed E-state index contributed by atoms with van der Waals surface area (Å²) in [6, 6.07) is 3.77. The number of hydrogen-bond donors (Lipinski definition) is 2. The van der Waals surface area contributed by atoms with Crippen LogP contribution in [0.15, 0.2) is 18.2 Å². The Morgan fingerprint density at radius 3 is 2.43 bits per heavy atom. The number of carbonyl (C=O) groups excluding carboxylic acids is 1. The van der Waals surface area contributed by atoms with Gasteiger partial charge in [-0.3, -0.25) is 14.9 Å². The molecule has 1 aromatic rings. The molecular weight excluding hydrogens is 298 g/mol. The molecule has 0 spiro atoms. The lowest BCUT2D eigenvalue weighted by molar-refractivity contribution is -0.384. The fourth-order valence-electron chi connectivity index (χ4n) is 2.37. The van der Waals surface area contributed by atoms with E-state index < -0.39 is 16.9 Å².